The Labute approximate surface area is 122 Å². The van der Waals surface area contributed by atoms with Gasteiger partial charge in [0.1, 0.15) is 5.82 Å². The van der Waals surface area contributed by atoms with Gasteiger partial charge in [0.05, 0.1) is 5.69 Å². The SMILES string of the molecule is CCCNCc1c(C)nn(C)c1N1CCCN(C)CC1. The van der Waals surface area contributed by atoms with Crippen LogP contribution < -0.4 is 10.2 Å². The monoisotopic (exact) mass is 279 g/mol. The zero-order valence-corrected chi connectivity index (χ0v) is 13.4. The fourth-order valence-corrected chi connectivity index (χ4v) is 2.94. The lowest BCUT2D eigenvalue weighted by Crippen LogP contribution is -2.31. The Morgan fingerprint density at radius 1 is 1.15 bits per heavy atom. The molecular weight excluding hydrogens is 250 g/mol. The Kier molecular flexibility index (Phi) is 5.43. The van der Waals surface area contributed by atoms with E-state index in [1.165, 1.54) is 30.8 Å². The molecule has 0 bridgehead atoms. The predicted octanol–water partition coefficient (Wildman–Crippen LogP) is 1.37. The maximum absolute atomic E-state index is 4.64. The molecule has 1 saturated heterocycles. The summed E-state index contributed by atoms with van der Waals surface area (Å²) in [5.41, 5.74) is 2.52. The van der Waals surface area contributed by atoms with Crippen molar-refractivity contribution in [2.45, 2.75) is 33.2 Å². The lowest BCUT2D eigenvalue weighted by Gasteiger charge is -2.24. The van der Waals surface area contributed by atoms with Crippen molar-refractivity contribution >= 4 is 5.82 Å². The summed E-state index contributed by atoms with van der Waals surface area (Å²) in [7, 11) is 4.28. The third-order valence-electron chi connectivity index (χ3n) is 4.06. The summed E-state index contributed by atoms with van der Waals surface area (Å²) >= 11 is 0. The van der Waals surface area contributed by atoms with Crippen LogP contribution in [0.5, 0.6) is 0 Å². The van der Waals surface area contributed by atoms with Crippen LogP contribution in [0.25, 0.3) is 0 Å². The van der Waals surface area contributed by atoms with Crippen LogP contribution in [-0.2, 0) is 13.6 Å². The number of nitrogens with one attached hydrogen (secondary N) is 1. The summed E-state index contributed by atoms with van der Waals surface area (Å²) in [6.45, 7) is 10.9. The summed E-state index contributed by atoms with van der Waals surface area (Å²) in [5.74, 6) is 1.31. The van der Waals surface area contributed by atoms with Crippen LogP contribution in [0.4, 0.5) is 5.82 Å². The first-order valence-corrected chi connectivity index (χ1v) is 7.80. The summed E-state index contributed by atoms with van der Waals surface area (Å²) < 4.78 is 2.06. The fraction of sp³-hybridized carbons (Fsp3) is 0.800. The standard InChI is InChI=1S/C15H29N5/c1-5-7-16-12-14-13(2)17-19(4)15(14)20-9-6-8-18(3)10-11-20/h16H,5-12H2,1-4H3. The largest absolute Gasteiger partial charge is 0.355 e. The van der Waals surface area contributed by atoms with Crippen LogP contribution >= 0.6 is 0 Å². The topological polar surface area (TPSA) is 36.3 Å². The summed E-state index contributed by atoms with van der Waals surface area (Å²) in [5, 5.41) is 8.15. The van der Waals surface area contributed by atoms with E-state index in [2.05, 4.69) is 52.8 Å². The third kappa shape index (κ3) is 3.52. The number of rotatable bonds is 5. The van der Waals surface area contributed by atoms with Gasteiger partial charge in [0.15, 0.2) is 0 Å². The number of hydrogen-bond donors (Lipinski definition) is 1. The van der Waals surface area contributed by atoms with E-state index in [-0.39, 0.29) is 0 Å². The minimum absolute atomic E-state index is 0.926. The molecule has 1 aliphatic rings. The maximum atomic E-state index is 4.64. The lowest BCUT2D eigenvalue weighted by molar-refractivity contribution is 0.360. The highest BCUT2D eigenvalue weighted by Crippen LogP contribution is 2.24. The second-order valence-electron chi connectivity index (χ2n) is 5.83. The van der Waals surface area contributed by atoms with Gasteiger partial charge in [-0.05, 0) is 39.9 Å². The van der Waals surface area contributed by atoms with Crippen molar-refractivity contribution in [3.8, 4) is 0 Å². The van der Waals surface area contributed by atoms with Gasteiger partial charge in [0, 0.05) is 38.8 Å². The van der Waals surface area contributed by atoms with Gasteiger partial charge in [0.2, 0.25) is 0 Å². The van der Waals surface area contributed by atoms with Crippen molar-refractivity contribution in [3.63, 3.8) is 0 Å². The Morgan fingerprint density at radius 3 is 2.70 bits per heavy atom. The normalized spacial score (nSPS) is 17.5. The van der Waals surface area contributed by atoms with E-state index in [4.69, 9.17) is 0 Å². The van der Waals surface area contributed by atoms with Gasteiger partial charge in [-0.3, -0.25) is 4.68 Å². The Bertz CT molecular complexity index is 426. The molecule has 0 atom stereocenters. The molecule has 20 heavy (non-hydrogen) atoms. The van der Waals surface area contributed by atoms with Gasteiger partial charge >= 0.3 is 0 Å². The number of aryl methyl sites for hydroxylation is 2. The Morgan fingerprint density at radius 2 is 1.95 bits per heavy atom. The van der Waals surface area contributed by atoms with E-state index in [1.807, 2.05) is 0 Å². The van der Waals surface area contributed by atoms with E-state index < -0.39 is 0 Å². The van der Waals surface area contributed by atoms with Crippen LogP contribution in [0.2, 0.25) is 0 Å². The summed E-state index contributed by atoms with van der Waals surface area (Å²) in [4.78, 5) is 4.92. The molecule has 1 fully saturated rings. The highest BCUT2D eigenvalue weighted by molar-refractivity contribution is 5.50. The second-order valence-corrected chi connectivity index (χ2v) is 5.83. The van der Waals surface area contributed by atoms with Crippen molar-refractivity contribution in [2.24, 2.45) is 7.05 Å². The predicted molar refractivity (Wildman–Crippen MR) is 84.3 cm³/mol. The molecule has 5 nitrogen and oxygen atoms in total. The van der Waals surface area contributed by atoms with Gasteiger partial charge in [-0.2, -0.15) is 5.10 Å². The van der Waals surface area contributed by atoms with Crippen molar-refractivity contribution in [2.75, 3.05) is 44.7 Å². The summed E-state index contributed by atoms with van der Waals surface area (Å²) in [6, 6.07) is 0. The highest BCUT2D eigenvalue weighted by Gasteiger charge is 2.21. The van der Waals surface area contributed by atoms with E-state index in [1.54, 1.807) is 0 Å². The molecule has 1 aliphatic heterocycles. The molecule has 1 aromatic heterocycles. The minimum atomic E-state index is 0.926. The number of aromatic nitrogens is 2. The first-order valence-electron chi connectivity index (χ1n) is 7.80. The first-order chi connectivity index (χ1) is 9.63. The molecule has 0 amide bonds. The molecule has 1 aromatic rings. The maximum Gasteiger partial charge on any atom is 0.131 e. The Hall–Kier alpha value is -1.07. The lowest BCUT2D eigenvalue weighted by atomic mass is 10.2. The number of hydrogen-bond acceptors (Lipinski definition) is 4. The van der Waals surface area contributed by atoms with Gasteiger partial charge < -0.3 is 15.1 Å². The summed E-state index contributed by atoms with van der Waals surface area (Å²) in [6.07, 6.45) is 2.39. The van der Waals surface area contributed by atoms with E-state index in [0.29, 0.717) is 0 Å². The minimum Gasteiger partial charge on any atom is -0.355 e. The van der Waals surface area contributed by atoms with E-state index in [0.717, 1.165) is 38.4 Å². The first kappa shape index (κ1) is 15.3. The molecule has 2 heterocycles. The van der Waals surface area contributed by atoms with Crippen molar-refractivity contribution in [1.82, 2.24) is 20.0 Å². The molecule has 0 unspecified atom stereocenters. The second kappa shape index (κ2) is 7.09. The smallest absolute Gasteiger partial charge is 0.131 e. The van der Waals surface area contributed by atoms with Crippen LogP contribution in [-0.4, -0.2) is 54.5 Å². The fourth-order valence-electron chi connectivity index (χ4n) is 2.94. The third-order valence-corrected chi connectivity index (χ3v) is 4.06. The van der Waals surface area contributed by atoms with Crippen molar-refractivity contribution in [3.05, 3.63) is 11.3 Å². The van der Waals surface area contributed by atoms with Crippen molar-refractivity contribution in [1.29, 1.82) is 0 Å². The quantitative estimate of drug-likeness (QED) is 0.826. The van der Waals surface area contributed by atoms with Crippen LogP contribution in [0.1, 0.15) is 31.0 Å². The van der Waals surface area contributed by atoms with Gasteiger partial charge in [-0.15, -0.1) is 0 Å². The van der Waals surface area contributed by atoms with Gasteiger partial charge in [-0.25, -0.2) is 0 Å². The number of likely N-dealkylation sites (N-methyl/N-ethyl adjacent to an activating group) is 1. The zero-order chi connectivity index (χ0) is 14.5. The average molecular weight is 279 g/mol. The van der Waals surface area contributed by atoms with Gasteiger partial charge in [-0.1, -0.05) is 6.92 Å². The molecule has 5 heteroatoms. The molecule has 0 saturated carbocycles. The zero-order valence-electron chi connectivity index (χ0n) is 13.4. The molecular formula is C15H29N5. The molecule has 0 aromatic carbocycles. The number of nitrogens with zero attached hydrogens (tertiary/aromatic N) is 4. The van der Waals surface area contributed by atoms with E-state index in [9.17, 15) is 0 Å². The van der Waals surface area contributed by atoms with Crippen LogP contribution in [0, 0.1) is 6.92 Å². The van der Waals surface area contributed by atoms with Gasteiger partial charge in [0.25, 0.3) is 0 Å². The average Bonchev–Trinajstić information content (AvgIpc) is 2.58. The Balaban J connectivity index is 2.16. The van der Waals surface area contributed by atoms with Crippen LogP contribution in [0.3, 0.4) is 0 Å². The van der Waals surface area contributed by atoms with E-state index >= 15 is 0 Å². The molecule has 0 aliphatic carbocycles. The van der Waals surface area contributed by atoms with Crippen molar-refractivity contribution < 1.29 is 0 Å². The molecule has 1 N–H and O–H groups in total. The molecule has 2 rings (SSSR count). The molecule has 0 radical (unpaired) electrons. The number of anilines is 1. The molecule has 0 spiro atoms. The molecule has 114 valence electrons. The highest BCUT2D eigenvalue weighted by atomic mass is 15.4. The van der Waals surface area contributed by atoms with Crippen LogP contribution in [0.15, 0.2) is 0 Å².